The highest BCUT2D eigenvalue weighted by atomic mass is 35.5. The van der Waals surface area contributed by atoms with E-state index in [9.17, 15) is 4.79 Å². The molecule has 0 spiro atoms. The van der Waals surface area contributed by atoms with Crippen LogP contribution in [-0.4, -0.2) is 13.1 Å². The van der Waals surface area contributed by atoms with Crippen LogP contribution in [0.3, 0.4) is 0 Å². The van der Waals surface area contributed by atoms with Crippen LogP contribution in [0, 0.1) is 5.92 Å². The highest BCUT2D eigenvalue weighted by Gasteiger charge is 2.23. The molecule has 0 heterocycles. The van der Waals surface area contributed by atoms with Gasteiger partial charge in [0, 0.05) is 13.0 Å². The van der Waals surface area contributed by atoms with Gasteiger partial charge in [-0.05, 0) is 36.5 Å². The number of carbonyl (C=O) groups excluding carboxylic acids is 1. The van der Waals surface area contributed by atoms with Crippen LogP contribution in [0.4, 0.5) is 0 Å². The number of carbonyl (C=O) groups is 1. The van der Waals surface area contributed by atoms with Crippen molar-refractivity contribution in [3.05, 3.63) is 23.8 Å². The minimum Gasteiger partial charge on any atom is -0.493 e. The Morgan fingerprint density at radius 2 is 1.90 bits per heavy atom. The number of halogens is 1. The maximum Gasteiger partial charge on any atom is 0.308 e. The van der Waals surface area contributed by atoms with E-state index in [1.807, 2.05) is 12.1 Å². The van der Waals surface area contributed by atoms with Crippen LogP contribution < -0.4 is 15.2 Å². The summed E-state index contributed by atoms with van der Waals surface area (Å²) in [6.45, 7) is 1.38. The fourth-order valence-corrected chi connectivity index (χ4v) is 2.90. The Balaban J connectivity index is 0.00000220. The van der Waals surface area contributed by atoms with E-state index in [0.717, 1.165) is 5.56 Å². The molecule has 1 saturated carbocycles. The lowest BCUT2D eigenvalue weighted by atomic mass is 9.81. The second-order valence-electron chi connectivity index (χ2n) is 5.43. The van der Waals surface area contributed by atoms with E-state index < -0.39 is 0 Å². The minimum atomic E-state index is -0.354. The predicted molar refractivity (Wildman–Crippen MR) is 85.1 cm³/mol. The Labute approximate surface area is 132 Å². The normalized spacial score (nSPS) is 16.7. The smallest absolute Gasteiger partial charge is 0.308 e. The fourth-order valence-electron chi connectivity index (χ4n) is 2.90. The molecule has 0 unspecified atom stereocenters. The Morgan fingerprint density at radius 3 is 2.48 bits per heavy atom. The van der Waals surface area contributed by atoms with Crippen molar-refractivity contribution in [2.24, 2.45) is 11.7 Å². The largest absolute Gasteiger partial charge is 0.493 e. The lowest BCUT2D eigenvalue weighted by Gasteiger charge is -2.28. The van der Waals surface area contributed by atoms with Crippen LogP contribution in [0.15, 0.2) is 18.2 Å². The molecule has 0 saturated heterocycles. The first-order valence-electron chi connectivity index (χ1n) is 7.23. The third kappa shape index (κ3) is 4.61. The lowest BCUT2D eigenvalue weighted by Crippen LogP contribution is -2.23. The molecule has 1 aromatic rings. The highest BCUT2D eigenvalue weighted by Crippen LogP contribution is 2.36. The van der Waals surface area contributed by atoms with Crippen molar-refractivity contribution in [3.8, 4) is 11.5 Å². The van der Waals surface area contributed by atoms with E-state index >= 15 is 0 Å². The lowest BCUT2D eigenvalue weighted by molar-refractivity contribution is -0.132. The maximum absolute atomic E-state index is 11.0. The molecule has 1 aliphatic rings. The average molecular weight is 314 g/mol. The molecule has 0 amide bonds. The first-order valence-corrected chi connectivity index (χ1v) is 7.23. The molecule has 1 fully saturated rings. The molecule has 1 aromatic carbocycles. The summed E-state index contributed by atoms with van der Waals surface area (Å²) in [5.74, 6) is 1.18. The van der Waals surface area contributed by atoms with Crippen LogP contribution >= 0.6 is 12.4 Å². The fraction of sp³-hybridized carbons (Fsp3) is 0.562. The molecule has 0 aromatic heterocycles. The number of esters is 1. The van der Waals surface area contributed by atoms with E-state index in [-0.39, 0.29) is 24.4 Å². The van der Waals surface area contributed by atoms with Gasteiger partial charge in [-0.2, -0.15) is 0 Å². The average Bonchev–Trinajstić information content (AvgIpc) is 2.47. The Hall–Kier alpha value is -1.26. The molecule has 0 bridgehead atoms. The van der Waals surface area contributed by atoms with Crippen LogP contribution in [0.25, 0.3) is 0 Å². The third-order valence-electron chi connectivity index (χ3n) is 3.98. The van der Waals surface area contributed by atoms with Gasteiger partial charge in [-0.1, -0.05) is 25.3 Å². The summed E-state index contributed by atoms with van der Waals surface area (Å²) in [6.07, 6.45) is 6.23. The predicted octanol–water partition coefficient (Wildman–Crippen LogP) is 3.62. The van der Waals surface area contributed by atoms with E-state index in [2.05, 4.69) is 0 Å². The van der Waals surface area contributed by atoms with E-state index in [0.29, 0.717) is 17.4 Å². The quantitative estimate of drug-likeness (QED) is 0.681. The zero-order valence-electron chi connectivity index (χ0n) is 12.6. The van der Waals surface area contributed by atoms with Crippen molar-refractivity contribution in [2.75, 3.05) is 7.11 Å². The first kappa shape index (κ1) is 17.8. The van der Waals surface area contributed by atoms with Gasteiger partial charge >= 0.3 is 5.97 Å². The summed E-state index contributed by atoms with van der Waals surface area (Å²) in [5.41, 5.74) is 7.43. The van der Waals surface area contributed by atoms with Crippen molar-refractivity contribution in [1.82, 2.24) is 0 Å². The molecule has 118 valence electrons. The van der Waals surface area contributed by atoms with Crippen molar-refractivity contribution in [2.45, 2.75) is 45.1 Å². The maximum atomic E-state index is 11.0. The van der Waals surface area contributed by atoms with Crippen LogP contribution in [0.2, 0.25) is 0 Å². The van der Waals surface area contributed by atoms with Crippen LogP contribution in [0.1, 0.15) is 50.6 Å². The van der Waals surface area contributed by atoms with Gasteiger partial charge in [0.2, 0.25) is 0 Å². The number of hydrogen-bond acceptors (Lipinski definition) is 4. The van der Waals surface area contributed by atoms with Gasteiger partial charge in [-0.3, -0.25) is 4.79 Å². The monoisotopic (exact) mass is 313 g/mol. The summed E-state index contributed by atoms with van der Waals surface area (Å²) in [6, 6.07) is 5.60. The Bertz CT molecular complexity index is 473. The summed E-state index contributed by atoms with van der Waals surface area (Å²) in [7, 11) is 1.57. The van der Waals surface area contributed by atoms with Crippen molar-refractivity contribution in [1.29, 1.82) is 0 Å². The summed E-state index contributed by atoms with van der Waals surface area (Å²) < 4.78 is 10.4. The minimum absolute atomic E-state index is 0. The zero-order valence-corrected chi connectivity index (χ0v) is 13.4. The summed E-state index contributed by atoms with van der Waals surface area (Å²) in [4.78, 5) is 11.0. The van der Waals surface area contributed by atoms with Gasteiger partial charge in [0.05, 0.1) is 7.11 Å². The molecule has 4 nitrogen and oxygen atoms in total. The first-order chi connectivity index (χ1) is 9.61. The van der Waals surface area contributed by atoms with Gasteiger partial charge in [-0.25, -0.2) is 0 Å². The van der Waals surface area contributed by atoms with Gasteiger partial charge in [0.1, 0.15) is 0 Å². The third-order valence-corrected chi connectivity index (χ3v) is 3.98. The standard InChI is InChI=1S/C16H23NO3.ClH/c1-11(18)20-14-9-8-13(10-15(14)19-2)16(17)12-6-4-3-5-7-12;/h8-10,12,16H,3-7,17H2,1-2H3;1H/t16-;/m1./s1. The second-order valence-corrected chi connectivity index (χ2v) is 5.43. The van der Waals surface area contributed by atoms with E-state index in [1.54, 1.807) is 13.2 Å². The molecule has 2 rings (SSSR count). The zero-order chi connectivity index (χ0) is 14.5. The topological polar surface area (TPSA) is 61.6 Å². The number of nitrogens with two attached hydrogens (primary N) is 1. The SMILES string of the molecule is COc1cc([C@H](N)C2CCCCC2)ccc1OC(C)=O.Cl. The molecule has 2 N–H and O–H groups in total. The molecule has 1 atom stereocenters. The summed E-state index contributed by atoms with van der Waals surface area (Å²) >= 11 is 0. The van der Waals surface area contributed by atoms with Crippen LogP contribution in [0.5, 0.6) is 11.5 Å². The molecule has 1 aliphatic carbocycles. The molecule has 0 aliphatic heterocycles. The number of methoxy groups -OCH3 is 1. The van der Waals surface area contributed by atoms with Gasteiger partial charge in [-0.15, -0.1) is 12.4 Å². The van der Waals surface area contributed by atoms with Crippen LogP contribution in [-0.2, 0) is 4.79 Å². The van der Waals surface area contributed by atoms with Gasteiger partial charge in [0.25, 0.3) is 0 Å². The van der Waals surface area contributed by atoms with Crippen molar-refractivity contribution in [3.63, 3.8) is 0 Å². The van der Waals surface area contributed by atoms with Crippen molar-refractivity contribution < 1.29 is 14.3 Å². The molecule has 21 heavy (non-hydrogen) atoms. The number of hydrogen-bond donors (Lipinski definition) is 1. The molecule has 5 heteroatoms. The number of ether oxygens (including phenoxy) is 2. The van der Waals surface area contributed by atoms with Gasteiger partial charge < -0.3 is 15.2 Å². The van der Waals surface area contributed by atoms with Gasteiger partial charge in [0.15, 0.2) is 11.5 Å². The Morgan fingerprint density at radius 1 is 1.24 bits per heavy atom. The number of rotatable bonds is 4. The number of benzene rings is 1. The molecular formula is C16H24ClNO3. The molecule has 0 radical (unpaired) electrons. The second kappa shape index (κ2) is 8.25. The van der Waals surface area contributed by atoms with Crippen molar-refractivity contribution >= 4 is 18.4 Å². The highest BCUT2D eigenvalue weighted by molar-refractivity contribution is 5.85. The Kier molecular flexibility index (Phi) is 6.99. The molecular weight excluding hydrogens is 290 g/mol. The van der Waals surface area contributed by atoms with E-state index in [1.165, 1.54) is 39.0 Å². The summed E-state index contributed by atoms with van der Waals surface area (Å²) in [5, 5.41) is 0. The van der Waals surface area contributed by atoms with E-state index in [4.69, 9.17) is 15.2 Å².